The van der Waals surface area contributed by atoms with Crippen molar-refractivity contribution in [1.82, 2.24) is 25.2 Å². The van der Waals surface area contributed by atoms with Crippen LogP contribution in [0.2, 0.25) is 0 Å². The van der Waals surface area contributed by atoms with E-state index in [9.17, 15) is 0 Å². The minimum Gasteiger partial charge on any atom is -0.361 e. The highest BCUT2D eigenvalue weighted by Crippen LogP contribution is 2.14. The van der Waals surface area contributed by atoms with Crippen molar-refractivity contribution < 1.29 is 4.52 Å². The molecule has 0 aliphatic carbocycles. The van der Waals surface area contributed by atoms with E-state index in [1.807, 2.05) is 13.0 Å². The molecule has 0 atom stereocenters. The Morgan fingerprint density at radius 3 is 3.11 bits per heavy atom. The van der Waals surface area contributed by atoms with Crippen LogP contribution in [0.25, 0.3) is 0 Å². The molecule has 3 rings (SSSR count). The predicted molar refractivity (Wildman–Crippen MR) is 64.7 cm³/mol. The van der Waals surface area contributed by atoms with Crippen molar-refractivity contribution in [1.29, 1.82) is 0 Å². The molecule has 0 radical (unpaired) electrons. The van der Waals surface area contributed by atoms with Gasteiger partial charge in [-0.25, -0.2) is 0 Å². The number of aromatic nitrogens is 4. The lowest BCUT2D eigenvalue weighted by Crippen LogP contribution is -2.19. The second-order valence-electron chi connectivity index (χ2n) is 4.67. The zero-order valence-corrected chi connectivity index (χ0v) is 10.5. The Bertz CT molecular complexity index is 530. The first-order valence-electron chi connectivity index (χ1n) is 6.37. The molecule has 0 saturated carbocycles. The molecule has 1 aliphatic rings. The fourth-order valence-electron chi connectivity index (χ4n) is 2.30. The highest BCUT2D eigenvalue weighted by molar-refractivity contribution is 5.03. The lowest BCUT2D eigenvalue weighted by atomic mass is 10.2. The van der Waals surface area contributed by atoms with Crippen LogP contribution >= 0.6 is 0 Å². The lowest BCUT2D eigenvalue weighted by Gasteiger charge is -2.14. The number of nitrogens with zero attached hydrogens (tertiary/aromatic N) is 4. The maximum absolute atomic E-state index is 5.02. The molecule has 3 heterocycles. The van der Waals surface area contributed by atoms with Gasteiger partial charge in [0.25, 0.3) is 0 Å². The van der Waals surface area contributed by atoms with Gasteiger partial charge in [0.15, 0.2) is 0 Å². The molecule has 0 spiro atoms. The van der Waals surface area contributed by atoms with Gasteiger partial charge in [-0.3, -0.25) is 0 Å². The first-order chi connectivity index (χ1) is 8.83. The fourth-order valence-corrected chi connectivity index (χ4v) is 2.30. The molecule has 1 aliphatic heterocycles. The molecule has 0 fully saturated rings. The number of hydrogen-bond acceptors (Lipinski definition) is 5. The van der Waals surface area contributed by atoms with Gasteiger partial charge in [-0.1, -0.05) is 5.16 Å². The fraction of sp³-hybridized carbons (Fsp3) is 0.583. The first kappa shape index (κ1) is 11.4. The van der Waals surface area contributed by atoms with Crippen LogP contribution in [0, 0.1) is 6.92 Å². The normalized spacial score (nSPS) is 14.7. The minimum atomic E-state index is 0.694. The smallest absolute Gasteiger partial charge is 0.147 e. The molecular formula is C12H17N5O. The number of aryl methyl sites for hydroxylation is 2. The summed E-state index contributed by atoms with van der Waals surface area (Å²) in [5.41, 5.74) is 0.922. The van der Waals surface area contributed by atoms with Crippen molar-refractivity contribution in [2.45, 2.75) is 45.8 Å². The molecule has 1 N–H and O–H groups in total. The monoisotopic (exact) mass is 247 g/mol. The quantitative estimate of drug-likeness (QED) is 0.879. The van der Waals surface area contributed by atoms with E-state index in [1.54, 1.807) is 0 Å². The standard InChI is InChI=1S/C12H17N5O/c1-9-6-10(16-18-9)7-13-8-12-15-14-11-4-2-3-5-17(11)12/h6,13H,2-5,7-8H2,1H3. The first-order valence-corrected chi connectivity index (χ1v) is 6.37. The van der Waals surface area contributed by atoms with Crippen LogP contribution in [0.15, 0.2) is 10.6 Å². The topological polar surface area (TPSA) is 68.8 Å². The molecule has 0 amide bonds. The summed E-state index contributed by atoms with van der Waals surface area (Å²) in [5.74, 6) is 2.98. The van der Waals surface area contributed by atoms with E-state index in [2.05, 4.69) is 25.2 Å². The summed E-state index contributed by atoms with van der Waals surface area (Å²) in [6.07, 6.45) is 3.50. The van der Waals surface area contributed by atoms with Gasteiger partial charge in [-0.05, 0) is 19.8 Å². The number of rotatable bonds is 4. The number of nitrogens with one attached hydrogen (secondary N) is 1. The van der Waals surface area contributed by atoms with E-state index in [1.165, 1.54) is 12.8 Å². The second-order valence-corrected chi connectivity index (χ2v) is 4.67. The molecule has 0 bridgehead atoms. The maximum atomic E-state index is 5.02. The third-order valence-corrected chi connectivity index (χ3v) is 3.20. The Hall–Kier alpha value is -1.69. The molecule has 18 heavy (non-hydrogen) atoms. The van der Waals surface area contributed by atoms with Crippen molar-refractivity contribution in [2.75, 3.05) is 0 Å². The van der Waals surface area contributed by atoms with E-state index < -0.39 is 0 Å². The summed E-state index contributed by atoms with van der Waals surface area (Å²) < 4.78 is 7.25. The van der Waals surface area contributed by atoms with Crippen LogP contribution < -0.4 is 5.32 Å². The Labute approximate surface area is 105 Å². The number of fused-ring (bicyclic) bond motifs is 1. The summed E-state index contributed by atoms with van der Waals surface area (Å²) >= 11 is 0. The second kappa shape index (κ2) is 4.89. The van der Waals surface area contributed by atoms with E-state index in [-0.39, 0.29) is 0 Å². The van der Waals surface area contributed by atoms with Crippen molar-refractivity contribution >= 4 is 0 Å². The lowest BCUT2D eigenvalue weighted by molar-refractivity contribution is 0.387. The Morgan fingerprint density at radius 2 is 2.28 bits per heavy atom. The van der Waals surface area contributed by atoms with Gasteiger partial charge in [-0.15, -0.1) is 10.2 Å². The van der Waals surface area contributed by atoms with E-state index >= 15 is 0 Å². The molecule has 0 saturated heterocycles. The van der Waals surface area contributed by atoms with Crippen molar-refractivity contribution in [3.8, 4) is 0 Å². The van der Waals surface area contributed by atoms with Crippen LogP contribution in [-0.4, -0.2) is 19.9 Å². The summed E-state index contributed by atoms with van der Waals surface area (Å²) in [7, 11) is 0. The minimum absolute atomic E-state index is 0.694. The average molecular weight is 247 g/mol. The molecule has 6 nitrogen and oxygen atoms in total. The summed E-state index contributed by atoms with van der Waals surface area (Å²) in [5, 5.41) is 15.7. The summed E-state index contributed by atoms with van der Waals surface area (Å²) in [6.45, 7) is 4.35. The van der Waals surface area contributed by atoms with Crippen molar-refractivity contribution in [3.63, 3.8) is 0 Å². The zero-order valence-electron chi connectivity index (χ0n) is 10.5. The molecule has 2 aromatic rings. The molecule has 0 unspecified atom stereocenters. The molecule has 96 valence electrons. The van der Waals surface area contributed by atoms with E-state index in [0.29, 0.717) is 6.54 Å². The van der Waals surface area contributed by atoms with Gasteiger partial charge in [0.05, 0.1) is 12.2 Å². The van der Waals surface area contributed by atoms with E-state index in [0.717, 1.165) is 42.6 Å². The van der Waals surface area contributed by atoms with Crippen molar-refractivity contribution in [3.05, 3.63) is 29.2 Å². The molecular weight excluding hydrogens is 230 g/mol. The highest BCUT2D eigenvalue weighted by Gasteiger charge is 2.15. The van der Waals surface area contributed by atoms with Gasteiger partial charge in [-0.2, -0.15) is 0 Å². The predicted octanol–water partition coefficient (Wildman–Crippen LogP) is 1.20. The highest BCUT2D eigenvalue weighted by atomic mass is 16.5. The van der Waals surface area contributed by atoms with Gasteiger partial charge < -0.3 is 14.4 Å². The van der Waals surface area contributed by atoms with E-state index in [4.69, 9.17) is 4.52 Å². The molecule has 2 aromatic heterocycles. The zero-order chi connectivity index (χ0) is 12.4. The average Bonchev–Trinajstić information content (AvgIpc) is 2.97. The molecule has 6 heteroatoms. The van der Waals surface area contributed by atoms with Gasteiger partial charge in [0.1, 0.15) is 17.4 Å². The third-order valence-electron chi connectivity index (χ3n) is 3.20. The van der Waals surface area contributed by atoms with Crippen LogP contribution in [0.3, 0.4) is 0 Å². The van der Waals surface area contributed by atoms with Gasteiger partial charge in [0, 0.05) is 25.6 Å². The van der Waals surface area contributed by atoms with Gasteiger partial charge in [0.2, 0.25) is 0 Å². The van der Waals surface area contributed by atoms with Crippen LogP contribution in [0.1, 0.15) is 35.9 Å². The Kier molecular flexibility index (Phi) is 3.10. The van der Waals surface area contributed by atoms with Crippen LogP contribution in [0.4, 0.5) is 0 Å². The largest absolute Gasteiger partial charge is 0.361 e. The summed E-state index contributed by atoms with van der Waals surface area (Å²) in [6, 6.07) is 1.94. The maximum Gasteiger partial charge on any atom is 0.147 e. The Balaban J connectivity index is 1.58. The SMILES string of the molecule is Cc1cc(CNCc2nnc3n2CCCC3)no1. The van der Waals surface area contributed by atoms with Crippen molar-refractivity contribution in [2.24, 2.45) is 0 Å². The molecule has 0 aromatic carbocycles. The summed E-state index contributed by atoms with van der Waals surface area (Å²) in [4.78, 5) is 0. The number of hydrogen-bond donors (Lipinski definition) is 1. The third kappa shape index (κ3) is 2.28. The Morgan fingerprint density at radius 1 is 1.33 bits per heavy atom. The van der Waals surface area contributed by atoms with Crippen LogP contribution in [0.5, 0.6) is 0 Å². The van der Waals surface area contributed by atoms with Crippen LogP contribution in [-0.2, 0) is 26.1 Å². The van der Waals surface area contributed by atoms with Gasteiger partial charge >= 0.3 is 0 Å².